The van der Waals surface area contributed by atoms with Gasteiger partial charge in [-0.15, -0.1) is 0 Å². The second-order valence-electron chi connectivity index (χ2n) is 3.69. The van der Waals surface area contributed by atoms with Crippen molar-refractivity contribution in [1.82, 2.24) is 9.97 Å². The van der Waals surface area contributed by atoms with E-state index in [1.807, 2.05) is 30.3 Å². The molecule has 1 heterocycles. The Hall–Kier alpha value is -2.56. The van der Waals surface area contributed by atoms with Crippen molar-refractivity contribution in [3.63, 3.8) is 0 Å². The van der Waals surface area contributed by atoms with Crippen molar-refractivity contribution < 1.29 is 9.53 Å². The molecule has 0 fully saturated rings. The Bertz CT molecular complexity index is 573. The summed E-state index contributed by atoms with van der Waals surface area (Å²) >= 11 is 0. The molecule has 1 aromatic heterocycles. The van der Waals surface area contributed by atoms with Crippen LogP contribution in [0.25, 0.3) is 11.8 Å². The van der Waals surface area contributed by atoms with E-state index in [1.54, 1.807) is 6.08 Å². The van der Waals surface area contributed by atoms with Gasteiger partial charge in [-0.05, 0) is 11.6 Å². The molecule has 3 N–H and O–H groups in total. The monoisotopic (exact) mass is 243 g/mol. The van der Waals surface area contributed by atoms with E-state index in [4.69, 9.17) is 10.5 Å². The molecule has 0 aliphatic carbocycles. The third-order valence-electron chi connectivity index (χ3n) is 2.20. The fraction of sp³-hybridized carbons (Fsp3) is 0.0769. The van der Waals surface area contributed by atoms with Crippen LogP contribution in [0.3, 0.4) is 0 Å². The Labute approximate surface area is 104 Å². The molecule has 1 aromatic carbocycles. The highest BCUT2D eigenvalue weighted by atomic mass is 16.5. The van der Waals surface area contributed by atoms with Crippen LogP contribution < -0.4 is 10.5 Å². The molecular formula is C13H13N3O2. The highest BCUT2D eigenvalue weighted by molar-refractivity contribution is 5.76. The first kappa shape index (κ1) is 11.9. The van der Waals surface area contributed by atoms with E-state index < -0.39 is 5.97 Å². The van der Waals surface area contributed by atoms with Crippen molar-refractivity contribution in [3.05, 3.63) is 47.9 Å². The minimum absolute atomic E-state index is 0.210. The number of hydrogen-bond acceptors (Lipinski definition) is 4. The quantitative estimate of drug-likeness (QED) is 0.805. The molecule has 0 aliphatic heterocycles. The lowest BCUT2D eigenvalue weighted by Gasteiger charge is -1.97. The lowest BCUT2D eigenvalue weighted by molar-refractivity contribution is -0.132. The number of nitrogens with two attached hydrogens (primary N) is 1. The van der Waals surface area contributed by atoms with Crippen LogP contribution in [-0.4, -0.2) is 15.9 Å². The van der Waals surface area contributed by atoms with Gasteiger partial charge in [0.2, 0.25) is 5.88 Å². The standard InChI is InChI=1S/C13H13N3O2/c1-9(17)18-12-8-15-13(16-12)11(14)7-10-5-3-2-4-6-10/h2-8H,14H2,1H3,(H,15,16). The summed E-state index contributed by atoms with van der Waals surface area (Å²) in [6, 6.07) is 9.64. The molecule has 2 rings (SSSR count). The largest absolute Gasteiger partial charge is 0.406 e. The first-order chi connectivity index (χ1) is 8.65. The minimum atomic E-state index is -0.418. The average molecular weight is 243 g/mol. The molecule has 0 bridgehead atoms. The summed E-state index contributed by atoms with van der Waals surface area (Å²) in [6.07, 6.45) is 3.28. The molecule has 0 amide bonds. The molecule has 92 valence electrons. The topological polar surface area (TPSA) is 81.0 Å². The smallest absolute Gasteiger partial charge is 0.309 e. The van der Waals surface area contributed by atoms with E-state index in [0.29, 0.717) is 11.5 Å². The number of ether oxygens (including phenoxy) is 1. The molecule has 18 heavy (non-hydrogen) atoms. The summed E-state index contributed by atoms with van der Waals surface area (Å²) in [4.78, 5) is 17.7. The number of carbonyl (C=O) groups excluding carboxylic acids is 1. The molecule has 0 saturated carbocycles. The zero-order chi connectivity index (χ0) is 13.0. The second-order valence-corrected chi connectivity index (χ2v) is 3.69. The van der Waals surface area contributed by atoms with Gasteiger partial charge in [0.1, 0.15) is 0 Å². The Morgan fingerprint density at radius 1 is 1.39 bits per heavy atom. The zero-order valence-corrected chi connectivity index (χ0v) is 9.88. The van der Waals surface area contributed by atoms with Gasteiger partial charge in [-0.3, -0.25) is 4.79 Å². The van der Waals surface area contributed by atoms with Crippen LogP contribution >= 0.6 is 0 Å². The minimum Gasteiger partial charge on any atom is -0.406 e. The molecule has 2 aromatic rings. The third-order valence-corrected chi connectivity index (χ3v) is 2.20. The lowest BCUT2D eigenvalue weighted by atomic mass is 10.2. The number of hydrogen-bond donors (Lipinski definition) is 2. The van der Waals surface area contributed by atoms with Gasteiger partial charge < -0.3 is 15.5 Å². The SMILES string of the molecule is CC(=O)Oc1c[nH]c(C(N)=Cc2ccccc2)n1. The van der Waals surface area contributed by atoms with Gasteiger partial charge in [-0.1, -0.05) is 30.3 Å². The van der Waals surface area contributed by atoms with Crippen molar-refractivity contribution in [2.75, 3.05) is 0 Å². The Morgan fingerprint density at radius 2 is 2.11 bits per heavy atom. The van der Waals surface area contributed by atoms with Crippen LogP contribution in [0.15, 0.2) is 36.5 Å². The molecule has 5 heteroatoms. The van der Waals surface area contributed by atoms with Crippen molar-refractivity contribution in [2.45, 2.75) is 6.92 Å². The molecule has 0 atom stereocenters. The highest BCUT2D eigenvalue weighted by Crippen LogP contribution is 2.14. The van der Waals surface area contributed by atoms with Gasteiger partial charge in [-0.25, -0.2) is 0 Å². The van der Waals surface area contributed by atoms with Gasteiger partial charge in [-0.2, -0.15) is 4.98 Å². The molecule has 0 aliphatic rings. The van der Waals surface area contributed by atoms with Crippen molar-refractivity contribution in [1.29, 1.82) is 0 Å². The predicted octanol–water partition coefficient (Wildman–Crippen LogP) is 1.79. The summed E-state index contributed by atoms with van der Waals surface area (Å²) in [7, 11) is 0. The summed E-state index contributed by atoms with van der Waals surface area (Å²) in [5.41, 5.74) is 7.34. The van der Waals surface area contributed by atoms with Crippen molar-refractivity contribution in [2.24, 2.45) is 5.73 Å². The van der Waals surface area contributed by atoms with Crippen molar-refractivity contribution in [3.8, 4) is 5.88 Å². The predicted molar refractivity (Wildman–Crippen MR) is 68.4 cm³/mol. The Morgan fingerprint density at radius 3 is 2.78 bits per heavy atom. The van der Waals surface area contributed by atoms with E-state index >= 15 is 0 Å². The second kappa shape index (κ2) is 5.18. The maximum absolute atomic E-state index is 10.8. The summed E-state index contributed by atoms with van der Waals surface area (Å²) in [5.74, 6) is 0.260. The van der Waals surface area contributed by atoms with E-state index in [0.717, 1.165) is 5.56 Å². The van der Waals surface area contributed by atoms with Crippen LogP contribution in [0.5, 0.6) is 5.88 Å². The van der Waals surface area contributed by atoms with E-state index in [9.17, 15) is 4.79 Å². The molecule has 0 radical (unpaired) electrons. The van der Waals surface area contributed by atoms with Crippen LogP contribution in [0, 0.1) is 0 Å². The first-order valence-electron chi connectivity index (χ1n) is 5.41. The van der Waals surface area contributed by atoms with Crippen LogP contribution in [0.4, 0.5) is 0 Å². The maximum atomic E-state index is 10.8. The Balaban J connectivity index is 2.18. The molecule has 5 nitrogen and oxygen atoms in total. The summed E-state index contributed by atoms with van der Waals surface area (Å²) < 4.78 is 4.83. The number of benzene rings is 1. The van der Waals surface area contributed by atoms with Crippen LogP contribution in [0.1, 0.15) is 18.3 Å². The molecule has 0 saturated heterocycles. The summed E-state index contributed by atoms with van der Waals surface area (Å²) in [5, 5.41) is 0. The zero-order valence-electron chi connectivity index (χ0n) is 9.88. The number of esters is 1. The van der Waals surface area contributed by atoms with Gasteiger partial charge in [0, 0.05) is 6.92 Å². The third kappa shape index (κ3) is 2.98. The number of carbonyl (C=O) groups is 1. The number of H-pyrrole nitrogens is 1. The van der Waals surface area contributed by atoms with Crippen LogP contribution in [-0.2, 0) is 4.79 Å². The van der Waals surface area contributed by atoms with E-state index in [1.165, 1.54) is 13.1 Å². The van der Waals surface area contributed by atoms with Gasteiger partial charge in [0.15, 0.2) is 5.82 Å². The normalized spacial score (nSPS) is 11.3. The van der Waals surface area contributed by atoms with Crippen molar-refractivity contribution >= 4 is 17.7 Å². The number of imidazole rings is 1. The number of aromatic nitrogens is 2. The maximum Gasteiger partial charge on any atom is 0.309 e. The van der Waals surface area contributed by atoms with Gasteiger partial charge in [0.05, 0.1) is 11.9 Å². The fourth-order valence-corrected chi connectivity index (χ4v) is 1.45. The fourth-order valence-electron chi connectivity index (χ4n) is 1.45. The number of aromatic amines is 1. The van der Waals surface area contributed by atoms with E-state index in [-0.39, 0.29) is 5.88 Å². The average Bonchev–Trinajstić information content (AvgIpc) is 2.78. The number of nitrogens with one attached hydrogen (secondary N) is 1. The number of nitrogens with zero attached hydrogens (tertiary/aromatic N) is 1. The highest BCUT2D eigenvalue weighted by Gasteiger charge is 2.06. The lowest BCUT2D eigenvalue weighted by Crippen LogP contribution is -2.02. The molecular weight excluding hydrogens is 230 g/mol. The van der Waals surface area contributed by atoms with Gasteiger partial charge in [0.25, 0.3) is 0 Å². The van der Waals surface area contributed by atoms with E-state index in [2.05, 4.69) is 9.97 Å². The number of rotatable bonds is 3. The summed E-state index contributed by atoms with van der Waals surface area (Å²) in [6.45, 7) is 1.32. The first-order valence-corrected chi connectivity index (χ1v) is 5.41. The molecule has 0 spiro atoms. The Kier molecular flexibility index (Phi) is 3.43. The molecule has 0 unspecified atom stereocenters. The van der Waals surface area contributed by atoms with Gasteiger partial charge >= 0.3 is 5.97 Å². The van der Waals surface area contributed by atoms with Crippen LogP contribution in [0.2, 0.25) is 0 Å².